The largest absolute Gasteiger partial charge is 0.313 e. The first-order valence-electron chi connectivity index (χ1n) is 3.16. The Morgan fingerprint density at radius 1 is 1.50 bits per heavy atom. The molecule has 1 fully saturated rings. The topological polar surface area (TPSA) is 12.0 Å². The van der Waals surface area contributed by atoms with Gasteiger partial charge < -0.3 is 5.32 Å². The molecule has 0 aromatic carbocycles. The third-order valence-electron chi connectivity index (χ3n) is 1.60. The smallest absolute Gasteiger partial charge is 0.0235 e. The summed E-state index contributed by atoms with van der Waals surface area (Å²) in [5.74, 6) is 0. The number of rotatable bonds is 0. The van der Waals surface area contributed by atoms with E-state index in [0.717, 1.165) is 9.97 Å². The first-order chi connectivity index (χ1) is 3.79. The fraction of sp³-hybridized carbons (Fsp3) is 1.00. The van der Waals surface area contributed by atoms with E-state index in [4.69, 9.17) is 0 Å². The van der Waals surface area contributed by atoms with Crippen LogP contribution in [0.4, 0.5) is 0 Å². The van der Waals surface area contributed by atoms with Crippen LogP contribution in [0.25, 0.3) is 0 Å². The van der Waals surface area contributed by atoms with Gasteiger partial charge >= 0.3 is 0 Å². The van der Waals surface area contributed by atoms with Crippen LogP contribution < -0.4 is 5.32 Å². The molecule has 48 valence electrons. The Kier molecular flexibility index (Phi) is 2.56. The van der Waals surface area contributed by atoms with Crippen LogP contribution in [0, 0.1) is 0 Å². The molecule has 1 saturated heterocycles. The summed E-state index contributed by atoms with van der Waals surface area (Å²) < 4.78 is 0.879. The molecule has 0 aromatic rings. The lowest BCUT2D eigenvalue weighted by Crippen LogP contribution is -2.36. The maximum absolute atomic E-state index is 3.42. The summed E-state index contributed by atoms with van der Waals surface area (Å²) in [6.07, 6.45) is 2.75. The van der Waals surface area contributed by atoms with Gasteiger partial charge in [0.15, 0.2) is 0 Å². The second-order valence-electron chi connectivity index (χ2n) is 2.48. The van der Waals surface area contributed by atoms with Crippen molar-refractivity contribution in [3.63, 3.8) is 0 Å². The van der Waals surface area contributed by atoms with Gasteiger partial charge in [-0.25, -0.2) is 0 Å². The van der Waals surface area contributed by atoms with E-state index in [1.165, 1.54) is 19.4 Å². The van der Waals surface area contributed by atoms with Crippen LogP contribution in [0.3, 0.4) is 0 Å². The van der Waals surface area contributed by atoms with E-state index >= 15 is 0 Å². The molecule has 2 unspecified atom stereocenters. The zero-order valence-corrected chi connectivity index (χ0v) is 7.31. The van der Waals surface area contributed by atoms with Crippen LogP contribution >= 0.6 is 22.6 Å². The molecule has 1 N–H and O–H groups in total. The van der Waals surface area contributed by atoms with E-state index in [-0.39, 0.29) is 0 Å². The van der Waals surface area contributed by atoms with Crippen molar-refractivity contribution in [1.82, 2.24) is 5.32 Å². The average Bonchev–Trinajstić information content (AvgIpc) is 1.77. The number of alkyl halides is 1. The number of hydrogen-bond acceptors (Lipinski definition) is 1. The fourth-order valence-electron chi connectivity index (χ4n) is 0.964. The maximum Gasteiger partial charge on any atom is 0.0235 e. The molecule has 1 aliphatic heterocycles. The number of halogens is 1. The van der Waals surface area contributed by atoms with Crippen LogP contribution in [0.5, 0.6) is 0 Å². The van der Waals surface area contributed by atoms with E-state index in [2.05, 4.69) is 34.8 Å². The number of hydrogen-bond donors (Lipinski definition) is 1. The van der Waals surface area contributed by atoms with Gasteiger partial charge in [0.05, 0.1) is 0 Å². The van der Waals surface area contributed by atoms with Crippen LogP contribution in [0.15, 0.2) is 0 Å². The minimum Gasteiger partial charge on any atom is -0.313 e. The molecule has 0 radical (unpaired) electrons. The molecule has 0 saturated carbocycles. The third kappa shape index (κ3) is 1.90. The van der Waals surface area contributed by atoms with Crippen molar-refractivity contribution in [2.75, 3.05) is 6.54 Å². The van der Waals surface area contributed by atoms with Gasteiger partial charge in [0.2, 0.25) is 0 Å². The van der Waals surface area contributed by atoms with E-state index in [1.54, 1.807) is 0 Å². The SMILES string of the molecule is CC1CCC(I)CN1. The molecular weight excluding hydrogens is 213 g/mol. The summed E-state index contributed by atoms with van der Waals surface area (Å²) in [7, 11) is 0. The number of nitrogens with one attached hydrogen (secondary N) is 1. The molecule has 0 bridgehead atoms. The lowest BCUT2D eigenvalue weighted by atomic mass is 10.1. The predicted molar refractivity (Wildman–Crippen MR) is 44.5 cm³/mol. The predicted octanol–water partition coefficient (Wildman–Crippen LogP) is 1.56. The van der Waals surface area contributed by atoms with Gasteiger partial charge in [-0.3, -0.25) is 0 Å². The molecule has 2 atom stereocenters. The second kappa shape index (κ2) is 3.01. The Morgan fingerprint density at radius 3 is 2.62 bits per heavy atom. The fourth-order valence-corrected chi connectivity index (χ4v) is 1.58. The molecule has 0 aromatic heterocycles. The van der Waals surface area contributed by atoms with Gasteiger partial charge in [0.1, 0.15) is 0 Å². The van der Waals surface area contributed by atoms with Gasteiger partial charge in [0.25, 0.3) is 0 Å². The molecular formula is C6H12IN. The van der Waals surface area contributed by atoms with Crippen LogP contribution in [-0.4, -0.2) is 16.5 Å². The van der Waals surface area contributed by atoms with Crippen LogP contribution in [0.2, 0.25) is 0 Å². The van der Waals surface area contributed by atoms with Crippen molar-refractivity contribution in [3.05, 3.63) is 0 Å². The standard InChI is InChI=1S/C6H12IN/c1-5-2-3-6(7)4-8-5/h5-6,8H,2-4H2,1H3. The summed E-state index contributed by atoms with van der Waals surface area (Å²) in [6, 6.07) is 0.765. The maximum atomic E-state index is 3.42. The zero-order valence-electron chi connectivity index (χ0n) is 5.15. The van der Waals surface area contributed by atoms with Gasteiger partial charge in [0, 0.05) is 16.5 Å². The van der Waals surface area contributed by atoms with Crippen molar-refractivity contribution in [2.24, 2.45) is 0 Å². The van der Waals surface area contributed by atoms with Crippen LogP contribution in [-0.2, 0) is 0 Å². The molecule has 1 aliphatic rings. The van der Waals surface area contributed by atoms with Crippen LogP contribution in [0.1, 0.15) is 19.8 Å². The van der Waals surface area contributed by atoms with Crippen molar-refractivity contribution >= 4 is 22.6 Å². The van der Waals surface area contributed by atoms with E-state index in [0.29, 0.717) is 0 Å². The van der Waals surface area contributed by atoms with E-state index in [9.17, 15) is 0 Å². The van der Waals surface area contributed by atoms with Gasteiger partial charge in [-0.1, -0.05) is 22.6 Å². The molecule has 1 nitrogen and oxygen atoms in total. The Hall–Kier alpha value is 0.690. The van der Waals surface area contributed by atoms with Crippen molar-refractivity contribution < 1.29 is 0 Å². The number of piperidine rings is 1. The summed E-state index contributed by atoms with van der Waals surface area (Å²) in [5, 5.41) is 3.42. The zero-order chi connectivity index (χ0) is 5.98. The highest BCUT2D eigenvalue weighted by molar-refractivity contribution is 14.1. The highest BCUT2D eigenvalue weighted by atomic mass is 127. The third-order valence-corrected chi connectivity index (χ3v) is 2.66. The molecule has 0 aliphatic carbocycles. The molecule has 1 rings (SSSR count). The first kappa shape index (κ1) is 6.81. The summed E-state index contributed by atoms with van der Waals surface area (Å²) in [5.41, 5.74) is 0. The lowest BCUT2D eigenvalue weighted by Gasteiger charge is -2.23. The average molecular weight is 225 g/mol. The van der Waals surface area contributed by atoms with Gasteiger partial charge in [-0.15, -0.1) is 0 Å². The monoisotopic (exact) mass is 225 g/mol. The Labute approximate surface area is 64.4 Å². The first-order valence-corrected chi connectivity index (χ1v) is 4.41. The molecule has 0 spiro atoms. The molecule has 1 heterocycles. The quantitative estimate of drug-likeness (QED) is 0.487. The lowest BCUT2D eigenvalue weighted by molar-refractivity contribution is 0.441. The van der Waals surface area contributed by atoms with Gasteiger partial charge in [-0.2, -0.15) is 0 Å². The summed E-state index contributed by atoms with van der Waals surface area (Å²) in [4.78, 5) is 0. The van der Waals surface area contributed by atoms with E-state index in [1.807, 2.05) is 0 Å². The van der Waals surface area contributed by atoms with Crippen molar-refractivity contribution in [1.29, 1.82) is 0 Å². The minimum absolute atomic E-state index is 0.765. The van der Waals surface area contributed by atoms with Crippen molar-refractivity contribution in [3.8, 4) is 0 Å². The highest BCUT2D eigenvalue weighted by Crippen LogP contribution is 2.14. The molecule has 2 heteroatoms. The second-order valence-corrected chi connectivity index (χ2v) is 4.25. The highest BCUT2D eigenvalue weighted by Gasteiger charge is 2.13. The Morgan fingerprint density at radius 2 is 2.25 bits per heavy atom. The van der Waals surface area contributed by atoms with Crippen molar-refractivity contribution in [2.45, 2.75) is 29.7 Å². The Balaban J connectivity index is 2.19. The normalized spacial score (nSPS) is 39.8. The summed E-state index contributed by atoms with van der Waals surface area (Å²) >= 11 is 2.50. The minimum atomic E-state index is 0.765. The van der Waals surface area contributed by atoms with E-state index < -0.39 is 0 Å². The molecule has 8 heavy (non-hydrogen) atoms. The van der Waals surface area contributed by atoms with Gasteiger partial charge in [-0.05, 0) is 19.8 Å². The molecule has 0 amide bonds. The Bertz CT molecular complexity index is 56.9. The summed E-state index contributed by atoms with van der Waals surface area (Å²) in [6.45, 7) is 3.46.